The molecule has 0 aromatic heterocycles. The third kappa shape index (κ3) is 7.55. The van der Waals surface area contributed by atoms with Crippen LogP contribution in [-0.4, -0.2) is 46.5 Å². The van der Waals surface area contributed by atoms with Crippen molar-refractivity contribution in [3.63, 3.8) is 0 Å². The van der Waals surface area contributed by atoms with Crippen molar-refractivity contribution in [2.75, 3.05) is 32.1 Å². The van der Waals surface area contributed by atoms with Crippen molar-refractivity contribution in [1.82, 2.24) is 15.4 Å². The molecule has 0 amide bonds. The van der Waals surface area contributed by atoms with Gasteiger partial charge in [-0.25, -0.2) is 13.1 Å². The molecule has 0 saturated carbocycles. The number of nitrogens with one attached hydrogen (secondary N) is 3. The van der Waals surface area contributed by atoms with Crippen LogP contribution in [0.25, 0.3) is 0 Å². The summed E-state index contributed by atoms with van der Waals surface area (Å²) in [7, 11) is -1.39. The molecular formula is C16H28N4O2S2. The zero-order valence-electron chi connectivity index (χ0n) is 14.8. The predicted octanol–water partition coefficient (Wildman–Crippen LogP) is 1.71. The smallest absolute Gasteiger partial charge is 0.211 e. The monoisotopic (exact) mass is 372 g/mol. The van der Waals surface area contributed by atoms with Crippen LogP contribution in [0.15, 0.2) is 28.1 Å². The van der Waals surface area contributed by atoms with Crippen LogP contribution in [-0.2, 0) is 16.6 Å². The normalized spacial score (nSPS) is 12.2. The van der Waals surface area contributed by atoms with Crippen LogP contribution in [0.4, 0.5) is 0 Å². The number of thioether (sulfide) groups is 1. The number of nitrogens with zero attached hydrogens (tertiary/aromatic N) is 1. The van der Waals surface area contributed by atoms with Gasteiger partial charge in [-0.3, -0.25) is 4.99 Å². The number of rotatable bonds is 9. The van der Waals surface area contributed by atoms with E-state index in [1.165, 1.54) is 16.0 Å². The Morgan fingerprint density at radius 3 is 2.62 bits per heavy atom. The Hall–Kier alpha value is -1.25. The Labute approximate surface area is 150 Å². The second-order valence-corrected chi connectivity index (χ2v) is 8.26. The van der Waals surface area contributed by atoms with Crippen molar-refractivity contribution in [2.24, 2.45) is 4.99 Å². The summed E-state index contributed by atoms with van der Waals surface area (Å²) in [5, 5.41) is 6.48. The summed E-state index contributed by atoms with van der Waals surface area (Å²) in [5.41, 5.74) is 2.48. The number of guanidine groups is 1. The van der Waals surface area contributed by atoms with Crippen LogP contribution in [0.3, 0.4) is 0 Å². The van der Waals surface area contributed by atoms with Crippen LogP contribution in [0.1, 0.15) is 24.5 Å². The quantitative estimate of drug-likeness (QED) is 0.266. The molecule has 3 N–H and O–H groups in total. The Bertz CT molecular complexity index is 645. The minimum absolute atomic E-state index is 0.109. The van der Waals surface area contributed by atoms with Crippen LogP contribution in [0, 0.1) is 6.92 Å². The van der Waals surface area contributed by atoms with Crippen molar-refractivity contribution in [3.8, 4) is 0 Å². The van der Waals surface area contributed by atoms with E-state index in [1.54, 1.807) is 25.7 Å². The molecule has 0 saturated heterocycles. The van der Waals surface area contributed by atoms with Gasteiger partial charge in [-0.15, -0.1) is 11.8 Å². The number of hydrogen-bond donors (Lipinski definition) is 3. The van der Waals surface area contributed by atoms with Gasteiger partial charge in [0.05, 0.1) is 5.75 Å². The van der Waals surface area contributed by atoms with Gasteiger partial charge in [0.1, 0.15) is 0 Å². The molecule has 1 aromatic rings. The predicted molar refractivity (Wildman–Crippen MR) is 103 cm³/mol. The molecule has 8 heteroatoms. The molecule has 6 nitrogen and oxygen atoms in total. The molecule has 0 aliphatic heterocycles. The minimum Gasteiger partial charge on any atom is -0.356 e. The summed E-state index contributed by atoms with van der Waals surface area (Å²) < 4.78 is 25.2. The molecule has 0 radical (unpaired) electrons. The van der Waals surface area contributed by atoms with E-state index in [1.807, 2.05) is 0 Å². The first-order chi connectivity index (χ1) is 11.4. The van der Waals surface area contributed by atoms with Gasteiger partial charge in [-0.2, -0.15) is 0 Å². The number of benzene rings is 1. The first-order valence-electron chi connectivity index (χ1n) is 7.97. The average Bonchev–Trinajstić information content (AvgIpc) is 2.58. The van der Waals surface area contributed by atoms with E-state index in [0.717, 1.165) is 0 Å². The molecule has 0 unspecified atom stereocenters. The Kier molecular flexibility index (Phi) is 9.17. The second-order valence-electron chi connectivity index (χ2n) is 5.32. The first-order valence-corrected chi connectivity index (χ1v) is 10.8. The molecule has 0 atom stereocenters. The number of aliphatic imine (C=N–C) groups is 1. The van der Waals surface area contributed by atoms with Crippen molar-refractivity contribution >= 4 is 27.7 Å². The maximum absolute atomic E-state index is 11.3. The largest absolute Gasteiger partial charge is 0.356 e. The van der Waals surface area contributed by atoms with Crippen molar-refractivity contribution in [1.29, 1.82) is 0 Å². The number of hydrogen-bond acceptors (Lipinski definition) is 4. The third-order valence-corrected chi connectivity index (χ3v) is 5.68. The molecule has 0 aliphatic rings. The van der Waals surface area contributed by atoms with Gasteiger partial charge in [0.25, 0.3) is 0 Å². The van der Waals surface area contributed by atoms with E-state index in [0.29, 0.717) is 32.0 Å². The average molecular weight is 373 g/mol. The lowest BCUT2D eigenvalue weighted by Crippen LogP contribution is -2.38. The summed E-state index contributed by atoms with van der Waals surface area (Å²) >= 11 is 1.73. The minimum atomic E-state index is -3.11. The lowest BCUT2D eigenvalue weighted by Gasteiger charge is -2.14. The highest BCUT2D eigenvalue weighted by atomic mass is 32.2. The highest BCUT2D eigenvalue weighted by molar-refractivity contribution is 7.98. The first kappa shape index (κ1) is 20.8. The summed E-state index contributed by atoms with van der Waals surface area (Å²) in [6.07, 6.45) is 2.77. The molecule has 0 fully saturated rings. The summed E-state index contributed by atoms with van der Waals surface area (Å²) in [6, 6.07) is 6.41. The van der Waals surface area contributed by atoms with E-state index < -0.39 is 10.0 Å². The highest BCUT2D eigenvalue weighted by Crippen LogP contribution is 2.21. The topological polar surface area (TPSA) is 82.6 Å². The Balaban J connectivity index is 2.38. The van der Waals surface area contributed by atoms with Crippen molar-refractivity contribution < 1.29 is 8.42 Å². The van der Waals surface area contributed by atoms with Gasteiger partial charge in [-0.1, -0.05) is 12.1 Å². The molecule has 0 heterocycles. The summed E-state index contributed by atoms with van der Waals surface area (Å²) in [4.78, 5) is 5.44. The molecule has 0 spiro atoms. The lowest BCUT2D eigenvalue weighted by molar-refractivity contribution is 0.579. The van der Waals surface area contributed by atoms with Crippen LogP contribution in [0.2, 0.25) is 0 Å². The number of sulfonamides is 1. The van der Waals surface area contributed by atoms with Crippen LogP contribution < -0.4 is 15.4 Å². The standard InChI is InChI=1S/C16H28N4O2S2/c1-5-24(21,22)20-10-6-9-18-16(17-3)19-12-14-8-7-13(2)11-15(14)23-4/h7-8,11,20H,5-6,9-10,12H2,1-4H3,(H2,17,18,19). The fourth-order valence-corrected chi connectivity index (χ4v) is 3.39. The molecular weight excluding hydrogens is 344 g/mol. The molecule has 0 bridgehead atoms. The van der Waals surface area contributed by atoms with Crippen molar-refractivity contribution in [2.45, 2.75) is 31.7 Å². The Morgan fingerprint density at radius 2 is 2.00 bits per heavy atom. The number of aryl methyl sites for hydroxylation is 1. The zero-order chi connectivity index (χ0) is 18.0. The second kappa shape index (κ2) is 10.6. The van der Waals surface area contributed by atoms with E-state index in [-0.39, 0.29) is 5.75 Å². The maximum atomic E-state index is 11.3. The van der Waals surface area contributed by atoms with Gasteiger partial charge >= 0.3 is 0 Å². The fourth-order valence-electron chi connectivity index (χ4n) is 2.02. The van der Waals surface area contributed by atoms with Gasteiger partial charge in [-0.05, 0) is 43.7 Å². The SMILES string of the molecule is CCS(=O)(=O)NCCCNC(=NC)NCc1ccc(C)cc1SC. The highest BCUT2D eigenvalue weighted by Gasteiger charge is 2.05. The summed E-state index contributed by atoms with van der Waals surface area (Å²) in [5.74, 6) is 0.818. The van der Waals surface area contributed by atoms with Gasteiger partial charge in [0.15, 0.2) is 5.96 Å². The zero-order valence-corrected chi connectivity index (χ0v) is 16.5. The molecule has 136 valence electrons. The van der Waals surface area contributed by atoms with E-state index >= 15 is 0 Å². The van der Waals surface area contributed by atoms with Gasteiger partial charge < -0.3 is 10.6 Å². The van der Waals surface area contributed by atoms with Crippen LogP contribution in [0.5, 0.6) is 0 Å². The van der Waals surface area contributed by atoms with Crippen molar-refractivity contribution in [3.05, 3.63) is 29.3 Å². The maximum Gasteiger partial charge on any atom is 0.211 e. The Morgan fingerprint density at radius 1 is 1.25 bits per heavy atom. The third-order valence-electron chi connectivity index (χ3n) is 3.46. The molecule has 1 aromatic carbocycles. The van der Waals surface area contributed by atoms with Crippen LogP contribution >= 0.6 is 11.8 Å². The van der Waals surface area contributed by atoms with Gasteiger partial charge in [0, 0.05) is 31.6 Å². The molecule has 1 rings (SSSR count). The van der Waals surface area contributed by atoms with E-state index in [2.05, 4.69) is 51.7 Å². The lowest BCUT2D eigenvalue weighted by atomic mass is 10.1. The van der Waals surface area contributed by atoms with E-state index in [4.69, 9.17) is 0 Å². The summed E-state index contributed by atoms with van der Waals surface area (Å²) in [6.45, 7) is 5.48. The van der Waals surface area contributed by atoms with E-state index in [9.17, 15) is 8.42 Å². The molecule has 24 heavy (non-hydrogen) atoms. The fraction of sp³-hybridized carbons (Fsp3) is 0.562. The van der Waals surface area contributed by atoms with Gasteiger partial charge in [0.2, 0.25) is 10.0 Å². The molecule has 0 aliphatic carbocycles.